The first-order valence-electron chi connectivity index (χ1n) is 7.00. The topological polar surface area (TPSA) is 26.8 Å². The Bertz CT molecular complexity index is 461. The fraction of sp³-hybridized carbons (Fsp3) is 0.438. The fourth-order valence-corrected chi connectivity index (χ4v) is 2.38. The average Bonchev–Trinajstić information content (AvgIpc) is 2.48. The lowest BCUT2D eigenvalue weighted by atomic mass is 10.1. The number of nitrogens with zero attached hydrogens (tertiary/aromatic N) is 3. The number of benzene rings is 1. The Morgan fingerprint density at radius 3 is 2.40 bits per heavy atom. The van der Waals surface area contributed by atoms with Gasteiger partial charge in [0.05, 0.1) is 0 Å². The standard InChI is InChI=1S/C16H23N3O/c1-4-16(20)18(3)13-14-5-7-15(8-6-14)19-11-9-17(2)10-12-19/h4-8H,1,9-13H2,2-3H3. The van der Waals surface area contributed by atoms with E-state index in [0.717, 1.165) is 31.7 Å². The molecule has 20 heavy (non-hydrogen) atoms. The van der Waals surface area contributed by atoms with Crippen LogP contribution >= 0.6 is 0 Å². The molecule has 2 rings (SSSR count). The normalized spacial score (nSPS) is 16.0. The molecular formula is C16H23N3O. The van der Waals surface area contributed by atoms with Crippen molar-refractivity contribution in [1.82, 2.24) is 9.80 Å². The molecule has 1 aliphatic rings. The SMILES string of the molecule is C=CC(=O)N(C)Cc1ccc(N2CCN(C)CC2)cc1. The molecule has 1 aromatic carbocycles. The summed E-state index contributed by atoms with van der Waals surface area (Å²) in [6.07, 6.45) is 1.35. The molecule has 0 aromatic heterocycles. The van der Waals surface area contributed by atoms with Gasteiger partial charge in [-0.15, -0.1) is 0 Å². The predicted octanol–water partition coefficient (Wildman–Crippen LogP) is 1.58. The molecule has 4 nitrogen and oxygen atoms in total. The Balaban J connectivity index is 1.96. The molecule has 1 amide bonds. The fourth-order valence-electron chi connectivity index (χ4n) is 2.38. The molecule has 0 spiro atoms. The highest BCUT2D eigenvalue weighted by atomic mass is 16.2. The van der Waals surface area contributed by atoms with E-state index in [9.17, 15) is 4.79 Å². The molecular weight excluding hydrogens is 250 g/mol. The number of rotatable bonds is 4. The van der Waals surface area contributed by atoms with Gasteiger partial charge in [0.15, 0.2) is 0 Å². The van der Waals surface area contributed by atoms with E-state index in [2.05, 4.69) is 47.7 Å². The highest BCUT2D eigenvalue weighted by molar-refractivity contribution is 5.86. The minimum Gasteiger partial charge on any atom is -0.369 e. The highest BCUT2D eigenvalue weighted by Gasteiger charge is 2.14. The number of piperazine rings is 1. The molecule has 4 heteroatoms. The molecule has 1 aromatic rings. The van der Waals surface area contributed by atoms with Crippen LogP contribution in [0, 0.1) is 0 Å². The highest BCUT2D eigenvalue weighted by Crippen LogP contribution is 2.17. The van der Waals surface area contributed by atoms with Gasteiger partial charge in [-0.25, -0.2) is 0 Å². The van der Waals surface area contributed by atoms with Gasteiger partial charge in [-0.1, -0.05) is 18.7 Å². The summed E-state index contributed by atoms with van der Waals surface area (Å²) in [6.45, 7) is 8.49. The second-order valence-corrected chi connectivity index (χ2v) is 5.36. The number of hydrogen-bond donors (Lipinski definition) is 0. The second kappa shape index (κ2) is 6.57. The third-order valence-corrected chi connectivity index (χ3v) is 3.78. The molecule has 0 atom stereocenters. The molecule has 0 aliphatic carbocycles. The number of likely N-dealkylation sites (N-methyl/N-ethyl adjacent to an activating group) is 2. The summed E-state index contributed by atoms with van der Waals surface area (Å²) < 4.78 is 0. The third kappa shape index (κ3) is 3.61. The van der Waals surface area contributed by atoms with Crippen molar-refractivity contribution in [2.45, 2.75) is 6.54 Å². The van der Waals surface area contributed by atoms with Crippen LogP contribution in [0.15, 0.2) is 36.9 Å². The number of hydrogen-bond acceptors (Lipinski definition) is 3. The van der Waals surface area contributed by atoms with Crippen molar-refractivity contribution in [2.24, 2.45) is 0 Å². The molecule has 0 radical (unpaired) electrons. The summed E-state index contributed by atoms with van der Waals surface area (Å²) >= 11 is 0. The summed E-state index contributed by atoms with van der Waals surface area (Å²) in [6, 6.07) is 8.49. The van der Waals surface area contributed by atoms with Crippen molar-refractivity contribution < 1.29 is 4.79 Å². The van der Waals surface area contributed by atoms with Gasteiger partial charge in [-0.2, -0.15) is 0 Å². The van der Waals surface area contributed by atoms with E-state index in [1.165, 1.54) is 11.8 Å². The van der Waals surface area contributed by atoms with E-state index in [0.29, 0.717) is 6.54 Å². The van der Waals surface area contributed by atoms with E-state index in [1.54, 1.807) is 11.9 Å². The van der Waals surface area contributed by atoms with Gasteiger partial charge >= 0.3 is 0 Å². The number of anilines is 1. The zero-order chi connectivity index (χ0) is 14.5. The largest absolute Gasteiger partial charge is 0.369 e. The summed E-state index contributed by atoms with van der Waals surface area (Å²) in [5.74, 6) is -0.0480. The van der Waals surface area contributed by atoms with Crippen LogP contribution in [0.4, 0.5) is 5.69 Å². The monoisotopic (exact) mass is 273 g/mol. The Morgan fingerprint density at radius 2 is 1.85 bits per heavy atom. The Labute approximate surface area is 121 Å². The van der Waals surface area contributed by atoms with Gasteiger partial charge in [0.25, 0.3) is 0 Å². The zero-order valence-corrected chi connectivity index (χ0v) is 12.4. The van der Waals surface area contributed by atoms with Gasteiger partial charge in [0, 0.05) is 45.5 Å². The molecule has 1 saturated heterocycles. The van der Waals surface area contributed by atoms with E-state index in [1.807, 2.05) is 0 Å². The van der Waals surface area contributed by atoms with Crippen LogP contribution in [0.5, 0.6) is 0 Å². The Morgan fingerprint density at radius 1 is 1.25 bits per heavy atom. The van der Waals surface area contributed by atoms with E-state index < -0.39 is 0 Å². The second-order valence-electron chi connectivity index (χ2n) is 5.36. The van der Waals surface area contributed by atoms with Crippen LogP contribution in [0.2, 0.25) is 0 Å². The van der Waals surface area contributed by atoms with Crippen molar-refractivity contribution in [3.8, 4) is 0 Å². The summed E-state index contributed by atoms with van der Waals surface area (Å²) in [5, 5.41) is 0. The van der Waals surface area contributed by atoms with Crippen molar-refractivity contribution in [3.05, 3.63) is 42.5 Å². The van der Waals surface area contributed by atoms with Crippen molar-refractivity contribution in [2.75, 3.05) is 45.2 Å². The molecule has 0 saturated carbocycles. The maximum Gasteiger partial charge on any atom is 0.245 e. The van der Waals surface area contributed by atoms with Crippen molar-refractivity contribution in [1.29, 1.82) is 0 Å². The first-order valence-corrected chi connectivity index (χ1v) is 7.00. The van der Waals surface area contributed by atoms with E-state index >= 15 is 0 Å². The minimum atomic E-state index is -0.0480. The molecule has 0 bridgehead atoms. The van der Waals surface area contributed by atoms with Crippen LogP contribution in [-0.4, -0.2) is 56.0 Å². The van der Waals surface area contributed by atoms with Crippen LogP contribution < -0.4 is 4.90 Å². The maximum atomic E-state index is 11.5. The minimum absolute atomic E-state index is 0.0480. The smallest absolute Gasteiger partial charge is 0.245 e. The number of amides is 1. The molecule has 108 valence electrons. The van der Waals surface area contributed by atoms with Crippen LogP contribution in [0.3, 0.4) is 0 Å². The zero-order valence-electron chi connectivity index (χ0n) is 12.4. The summed E-state index contributed by atoms with van der Waals surface area (Å²) in [5.41, 5.74) is 2.40. The van der Waals surface area contributed by atoms with Crippen LogP contribution in [0.1, 0.15) is 5.56 Å². The lowest BCUT2D eigenvalue weighted by molar-refractivity contribution is -0.125. The van der Waals surface area contributed by atoms with Crippen molar-refractivity contribution in [3.63, 3.8) is 0 Å². The quantitative estimate of drug-likeness (QED) is 0.779. The summed E-state index contributed by atoms with van der Waals surface area (Å²) in [7, 11) is 3.95. The van der Waals surface area contributed by atoms with Gasteiger partial charge in [-0.3, -0.25) is 4.79 Å². The van der Waals surface area contributed by atoms with Crippen molar-refractivity contribution >= 4 is 11.6 Å². The molecule has 1 heterocycles. The first kappa shape index (κ1) is 14.6. The molecule has 0 unspecified atom stereocenters. The average molecular weight is 273 g/mol. The first-order chi connectivity index (χ1) is 9.60. The molecule has 1 fully saturated rings. The Kier molecular flexibility index (Phi) is 4.79. The Hall–Kier alpha value is -1.81. The maximum absolute atomic E-state index is 11.5. The van der Waals surface area contributed by atoms with E-state index in [4.69, 9.17) is 0 Å². The third-order valence-electron chi connectivity index (χ3n) is 3.78. The van der Waals surface area contributed by atoms with Gasteiger partial charge in [0.2, 0.25) is 5.91 Å². The van der Waals surface area contributed by atoms with Gasteiger partial charge in [-0.05, 0) is 30.8 Å². The molecule has 1 aliphatic heterocycles. The lowest BCUT2D eigenvalue weighted by Gasteiger charge is -2.34. The predicted molar refractivity (Wildman–Crippen MR) is 82.8 cm³/mol. The van der Waals surface area contributed by atoms with Crippen LogP contribution in [-0.2, 0) is 11.3 Å². The van der Waals surface area contributed by atoms with Crippen LogP contribution in [0.25, 0.3) is 0 Å². The van der Waals surface area contributed by atoms with Gasteiger partial charge < -0.3 is 14.7 Å². The molecule has 0 N–H and O–H groups in total. The lowest BCUT2D eigenvalue weighted by Crippen LogP contribution is -2.44. The van der Waals surface area contributed by atoms with E-state index in [-0.39, 0.29) is 5.91 Å². The number of carbonyl (C=O) groups excluding carboxylic acids is 1. The number of carbonyl (C=O) groups is 1. The van der Waals surface area contributed by atoms with Gasteiger partial charge in [0.1, 0.15) is 0 Å². The summed E-state index contributed by atoms with van der Waals surface area (Å²) in [4.78, 5) is 17.9.